The SMILES string of the molecule is O=C(Oc1ccc(Cl)cc1Cc1cc(Cl)ccc1OC(=O)c1cc(C(F)(F)F)ccc1C(F)(F)F)c1cc(C(F)(F)F)ccc1C(F)(F)F. The van der Waals surface area contributed by atoms with Gasteiger partial charge in [0.2, 0.25) is 0 Å². The summed E-state index contributed by atoms with van der Waals surface area (Å²) in [6, 6.07) is 6.49. The van der Waals surface area contributed by atoms with E-state index in [0.29, 0.717) is 0 Å². The van der Waals surface area contributed by atoms with E-state index in [4.69, 9.17) is 32.7 Å². The summed E-state index contributed by atoms with van der Waals surface area (Å²) in [4.78, 5) is 25.8. The van der Waals surface area contributed by atoms with Crippen LogP contribution in [0.3, 0.4) is 0 Å². The lowest BCUT2D eigenvalue weighted by Gasteiger charge is -2.17. The van der Waals surface area contributed by atoms with Crippen molar-refractivity contribution in [2.75, 3.05) is 0 Å². The highest BCUT2D eigenvalue weighted by molar-refractivity contribution is 6.31. The van der Waals surface area contributed by atoms with E-state index in [1.807, 2.05) is 0 Å². The van der Waals surface area contributed by atoms with E-state index in [1.54, 1.807) is 0 Å². The Balaban J connectivity index is 1.73. The molecule has 4 aromatic carbocycles. The fourth-order valence-electron chi connectivity index (χ4n) is 4.36. The predicted molar refractivity (Wildman–Crippen MR) is 149 cm³/mol. The van der Waals surface area contributed by atoms with Gasteiger partial charge < -0.3 is 9.47 Å². The Morgan fingerprint density at radius 2 is 0.837 bits per heavy atom. The van der Waals surface area contributed by atoms with Crippen LogP contribution in [-0.2, 0) is 31.1 Å². The van der Waals surface area contributed by atoms with Gasteiger partial charge in [-0.05, 0) is 72.8 Å². The van der Waals surface area contributed by atoms with Crippen molar-refractivity contribution < 1.29 is 71.7 Å². The van der Waals surface area contributed by atoms with Crippen LogP contribution in [0.25, 0.3) is 0 Å². The summed E-state index contributed by atoms with van der Waals surface area (Å²) in [7, 11) is 0. The van der Waals surface area contributed by atoms with Crippen LogP contribution in [0.1, 0.15) is 54.1 Å². The van der Waals surface area contributed by atoms with E-state index in [2.05, 4.69) is 0 Å². The second-order valence-corrected chi connectivity index (χ2v) is 10.8. The van der Waals surface area contributed by atoms with E-state index in [0.717, 1.165) is 36.4 Å². The first-order chi connectivity index (χ1) is 22.4. The standard InChI is InChI=1S/C31H14Cl2F12O4/c32-18-3-7-24(48-26(46)20-12-16(28(34,35)36)1-5-22(20)30(40,41)42)14(10-18)9-15-11-19(33)4-8-25(15)49-27(47)21-13-17(29(37,38)39)2-6-23(21)31(43,44)45/h1-8,10-13H,9H2. The molecule has 4 aromatic rings. The van der Waals surface area contributed by atoms with Crippen molar-refractivity contribution >= 4 is 35.1 Å². The quantitative estimate of drug-likeness (QED) is 0.112. The Hall–Kier alpha value is -4.44. The molecule has 0 bridgehead atoms. The Labute approximate surface area is 276 Å². The average Bonchev–Trinajstić information content (AvgIpc) is 2.97. The van der Waals surface area contributed by atoms with Crippen molar-refractivity contribution in [3.63, 3.8) is 0 Å². The third kappa shape index (κ3) is 8.97. The Morgan fingerprint density at radius 3 is 1.14 bits per heavy atom. The summed E-state index contributed by atoms with van der Waals surface area (Å²) in [5.74, 6) is -4.86. The Kier molecular flexibility index (Phi) is 10.3. The van der Waals surface area contributed by atoms with Gasteiger partial charge in [0.25, 0.3) is 0 Å². The topological polar surface area (TPSA) is 52.6 Å². The molecule has 18 heteroatoms. The average molecular weight is 749 g/mol. The summed E-state index contributed by atoms with van der Waals surface area (Å²) in [5.41, 5.74) is -10.1. The second-order valence-electron chi connectivity index (χ2n) is 9.97. The molecule has 49 heavy (non-hydrogen) atoms. The summed E-state index contributed by atoms with van der Waals surface area (Å²) >= 11 is 12.0. The molecule has 0 aromatic heterocycles. The molecular weight excluding hydrogens is 735 g/mol. The van der Waals surface area contributed by atoms with Crippen LogP contribution in [0, 0.1) is 0 Å². The number of carbonyl (C=O) groups excluding carboxylic acids is 2. The minimum atomic E-state index is -5.29. The molecular formula is C31H14Cl2F12O4. The minimum absolute atomic E-state index is 0.0450. The number of esters is 2. The summed E-state index contributed by atoms with van der Waals surface area (Å²) < 4.78 is 171. The zero-order chi connectivity index (χ0) is 36.7. The maximum atomic E-state index is 13.6. The van der Waals surface area contributed by atoms with Gasteiger partial charge in [0.15, 0.2) is 0 Å². The number of ether oxygens (including phenoxy) is 2. The van der Waals surface area contributed by atoms with Crippen LogP contribution >= 0.6 is 23.2 Å². The van der Waals surface area contributed by atoms with Gasteiger partial charge in [-0.15, -0.1) is 0 Å². The van der Waals surface area contributed by atoms with E-state index in [1.165, 1.54) is 0 Å². The van der Waals surface area contributed by atoms with Crippen molar-refractivity contribution in [1.29, 1.82) is 0 Å². The molecule has 0 aliphatic rings. The van der Waals surface area contributed by atoms with Gasteiger partial charge >= 0.3 is 36.6 Å². The molecule has 0 fully saturated rings. The molecule has 4 rings (SSSR count). The van der Waals surface area contributed by atoms with Crippen molar-refractivity contribution in [2.24, 2.45) is 0 Å². The van der Waals surface area contributed by atoms with Crippen LogP contribution in [0.2, 0.25) is 10.0 Å². The molecule has 260 valence electrons. The van der Waals surface area contributed by atoms with Gasteiger partial charge in [0.05, 0.1) is 33.4 Å². The van der Waals surface area contributed by atoms with Crippen LogP contribution in [-0.4, -0.2) is 11.9 Å². The van der Waals surface area contributed by atoms with Gasteiger partial charge in [-0.1, -0.05) is 23.2 Å². The maximum absolute atomic E-state index is 13.6. The van der Waals surface area contributed by atoms with E-state index in [9.17, 15) is 62.3 Å². The first-order valence-electron chi connectivity index (χ1n) is 13.0. The zero-order valence-corrected chi connectivity index (χ0v) is 25.1. The number of hydrogen-bond acceptors (Lipinski definition) is 4. The lowest BCUT2D eigenvalue weighted by Crippen LogP contribution is -2.20. The first-order valence-corrected chi connectivity index (χ1v) is 13.8. The molecule has 0 spiro atoms. The molecule has 0 amide bonds. The van der Waals surface area contributed by atoms with Crippen molar-refractivity contribution in [3.05, 3.63) is 127 Å². The fourth-order valence-corrected chi connectivity index (χ4v) is 4.75. The molecule has 0 unspecified atom stereocenters. The highest BCUT2D eigenvalue weighted by Crippen LogP contribution is 2.40. The predicted octanol–water partition coefficient (Wildman–Crippen LogP) is 11.1. The zero-order valence-electron chi connectivity index (χ0n) is 23.6. The van der Waals surface area contributed by atoms with Crippen LogP contribution < -0.4 is 9.47 Å². The molecule has 0 aliphatic carbocycles. The first kappa shape index (κ1) is 37.4. The van der Waals surface area contributed by atoms with Crippen molar-refractivity contribution in [2.45, 2.75) is 31.1 Å². The van der Waals surface area contributed by atoms with Crippen molar-refractivity contribution in [3.8, 4) is 11.5 Å². The lowest BCUT2D eigenvalue weighted by molar-refractivity contribution is -0.141. The maximum Gasteiger partial charge on any atom is 0.417 e. The molecule has 0 radical (unpaired) electrons. The number of alkyl halides is 12. The van der Waals surface area contributed by atoms with Crippen LogP contribution in [0.4, 0.5) is 52.7 Å². The van der Waals surface area contributed by atoms with E-state index in [-0.39, 0.29) is 57.6 Å². The molecule has 0 aliphatic heterocycles. The highest BCUT2D eigenvalue weighted by atomic mass is 35.5. The monoisotopic (exact) mass is 748 g/mol. The number of carbonyl (C=O) groups is 2. The number of halogens is 14. The lowest BCUT2D eigenvalue weighted by atomic mass is 10.0. The van der Waals surface area contributed by atoms with E-state index < -0.39 is 87.9 Å². The van der Waals surface area contributed by atoms with Gasteiger partial charge in [-0.3, -0.25) is 0 Å². The van der Waals surface area contributed by atoms with Gasteiger partial charge in [0.1, 0.15) is 11.5 Å². The van der Waals surface area contributed by atoms with Crippen molar-refractivity contribution in [1.82, 2.24) is 0 Å². The third-order valence-corrected chi connectivity index (χ3v) is 7.05. The largest absolute Gasteiger partial charge is 0.423 e. The number of benzene rings is 4. The third-order valence-electron chi connectivity index (χ3n) is 6.58. The van der Waals surface area contributed by atoms with E-state index >= 15 is 0 Å². The smallest absolute Gasteiger partial charge is 0.417 e. The van der Waals surface area contributed by atoms with Crippen LogP contribution in [0.15, 0.2) is 72.8 Å². The molecule has 0 N–H and O–H groups in total. The van der Waals surface area contributed by atoms with Gasteiger partial charge in [0, 0.05) is 27.6 Å². The summed E-state index contributed by atoms with van der Waals surface area (Å²) in [6.45, 7) is 0. The fraction of sp³-hybridized carbons (Fsp3) is 0.161. The molecule has 0 saturated carbocycles. The molecule has 0 atom stereocenters. The number of hydrogen-bond donors (Lipinski definition) is 0. The molecule has 0 saturated heterocycles. The molecule has 0 heterocycles. The summed E-state index contributed by atoms with van der Waals surface area (Å²) in [6.07, 6.45) is -21.4. The summed E-state index contributed by atoms with van der Waals surface area (Å²) in [5, 5.41) is -0.159. The van der Waals surface area contributed by atoms with Crippen LogP contribution in [0.5, 0.6) is 11.5 Å². The Bertz CT molecular complexity index is 1780. The van der Waals surface area contributed by atoms with Gasteiger partial charge in [-0.25, -0.2) is 9.59 Å². The second kappa shape index (κ2) is 13.5. The number of rotatable bonds is 6. The Morgan fingerprint density at radius 1 is 0.490 bits per heavy atom. The highest BCUT2D eigenvalue weighted by Gasteiger charge is 2.41. The van der Waals surface area contributed by atoms with Gasteiger partial charge in [-0.2, -0.15) is 52.7 Å². The molecule has 4 nitrogen and oxygen atoms in total. The normalized spacial score (nSPS) is 12.5. The minimum Gasteiger partial charge on any atom is -0.423 e.